The summed E-state index contributed by atoms with van der Waals surface area (Å²) < 4.78 is 10.0. The third-order valence-electron chi connectivity index (χ3n) is 2.51. The van der Waals surface area contributed by atoms with Crippen LogP contribution in [0.15, 0.2) is 24.3 Å². The topological polar surface area (TPSA) is 93.1 Å². The van der Waals surface area contributed by atoms with Crippen LogP contribution in [0, 0.1) is 0 Å². The number of carbonyl (C=O) groups excluding carboxylic acids is 2. The van der Waals surface area contributed by atoms with E-state index in [1.54, 1.807) is 6.92 Å². The molecule has 20 heavy (non-hydrogen) atoms. The predicted molar refractivity (Wildman–Crippen MR) is 72.3 cm³/mol. The zero-order valence-electron chi connectivity index (χ0n) is 12.4. The van der Waals surface area contributed by atoms with Crippen LogP contribution < -0.4 is 0 Å². The van der Waals surface area contributed by atoms with E-state index in [1.807, 2.05) is 0 Å². The van der Waals surface area contributed by atoms with Gasteiger partial charge in [-0.1, -0.05) is 20.1 Å². The molecular formula is C14H22O6. The molecule has 0 aromatic rings. The number of rotatable bonds is 7. The standard InChI is InChI=1S/C14H22O6/c1-7-8-14(13(6,17)18,19-11(15)9(2)3)20-12(16)10(4)5/h17-18H,2,4,7-8H2,1,3,5-6H3. The summed E-state index contributed by atoms with van der Waals surface area (Å²) in [5, 5.41) is 19.7. The molecule has 114 valence electrons. The van der Waals surface area contributed by atoms with E-state index in [-0.39, 0.29) is 17.6 Å². The van der Waals surface area contributed by atoms with E-state index >= 15 is 0 Å². The molecule has 6 nitrogen and oxygen atoms in total. The molecule has 6 heteroatoms. The smallest absolute Gasteiger partial charge is 0.336 e. The lowest BCUT2D eigenvalue weighted by atomic mass is 10.0. The molecule has 0 unspecified atom stereocenters. The average Bonchev–Trinajstić information content (AvgIpc) is 2.26. The summed E-state index contributed by atoms with van der Waals surface area (Å²) in [5.74, 6) is -6.56. The third-order valence-corrected chi connectivity index (χ3v) is 2.51. The van der Waals surface area contributed by atoms with Gasteiger partial charge in [0.15, 0.2) is 0 Å². The van der Waals surface area contributed by atoms with Crippen molar-refractivity contribution in [2.24, 2.45) is 0 Å². The fourth-order valence-corrected chi connectivity index (χ4v) is 1.36. The van der Waals surface area contributed by atoms with Gasteiger partial charge < -0.3 is 19.7 Å². The van der Waals surface area contributed by atoms with Gasteiger partial charge in [0.1, 0.15) is 0 Å². The van der Waals surface area contributed by atoms with E-state index in [0.29, 0.717) is 6.42 Å². The Morgan fingerprint density at radius 3 is 1.60 bits per heavy atom. The van der Waals surface area contributed by atoms with Crippen molar-refractivity contribution >= 4 is 11.9 Å². The molecule has 0 aromatic carbocycles. The molecule has 0 rings (SSSR count). The maximum atomic E-state index is 11.7. The molecule has 0 atom stereocenters. The summed E-state index contributed by atoms with van der Waals surface area (Å²) in [6.07, 6.45) is 0.290. The fourth-order valence-electron chi connectivity index (χ4n) is 1.36. The summed E-state index contributed by atoms with van der Waals surface area (Å²) in [7, 11) is 0. The molecule has 0 bridgehead atoms. The van der Waals surface area contributed by atoms with Crippen LogP contribution in [0.2, 0.25) is 0 Å². The van der Waals surface area contributed by atoms with Crippen LogP contribution in [0.4, 0.5) is 0 Å². The highest BCUT2D eigenvalue weighted by Crippen LogP contribution is 2.32. The van der Waals surface area contributed by atoms with Gasteiger partial charge in [0.2, 0.25) is 5.79 Å². The SMILES string of the molecule is C=C(C)C(=O)OC(CCC)(OC(=O)C(=C)C)C(C)(O)O. The molecule has 0 fully saturated rings. The zero-order valence-corrected chi connectivity index (χ0v) is 12.4. The Morgan fingerprint density at radius 1 is 1.05 bits per heavy atom. The molecule has 0 amide bonds. The van der Waals surface area contributed by atoms with Crippen molar-refractivity contribution in [1.82, 2.24) is 0 Å². The number of aliphatic hydroxyl groups is 2. The van der Waals surface area contributed by atoms with Gasteiger partial charge in [0, 0.05) is 17.6 Å². The quantitative estimate of drug-likeness (QED) is 0.418. The summed E-state index contributed by atoms with van der Waals surface area (Å²) in [4.78, 5) is 23.3. The van der Waals surface area contributed by atoms with Crippen LogP contribution in [-0.4, -0.2) is 33.7 Å². The van der Waals surface area contributed by atoms with Crippen LogP contribution in [0.25, 0.3) is 0 Å². The first-order chi connectivity index (χ1) is 8.97. The Hall–Kier alpha value is -1.66. The highest BCUT2D eigenvalue weighted by Gasteiger charge is 2.53. The second kappa shape index (κ2) is 6.67. The highest BCUT2D eigenvalue weighted by molar-refractivity contribution is 5.89. The van der Waals surface area contributed by atoms with Gasteiger partial charge >= 0.3 is 17.7 Å². The lowest BCUT2D eigenvalue weighted by Gasteiger charge is -2.39. The number of ether oxygens (including phenoxy) is 2. The molecule has 0 saturated heterocycles. The Kier molecular flexibility index (Phi) is 6.12. The maximum absolute atomic E-state index is 11.7. The lowest BCUT2D eigenvalue weighted by Crippen LogP contribution is -2.58. The summed E-state index contributed by atoms with van der Waals surface area (Å²) in [5.41, 5.74) is 0.0854. The first-order valence-electron chi connectivity index (χ1n) is 6.19. The van der Waals surface area contributed by atoms with Crippen molar-refractivity contribution in [3.63, 3.8) is 0 Å². The first-order valence-corrected chi connectivity index (χ1v) is 6.19. The van der Waals surface area contributed by atoms with Gasteiger partial charge in [0.25, 0.3) is 0 Å². The molecule has 0 radical (unpaired) electrons. The van der Waals surface area contributed by atoms with Crippen molar-refractivity contribution in [2.75, 3.05) is 0 Å². The zero-order chi connectivity index (χ0) is 16.1. The van der Waals surface area contributed by atoms with Crippen molar-refractivity contribution in [2.45, 2.75) is 52.1 Å². The van der Waals surface area contributed by atoms with Crippen molar-refractivity contribution in [3.05, 3.63) is 24.3 Å². The van der Waals surface area contributed by atoms with Crippen LogP contribution in [0.5, 0.6) is 0 Å². The van der Waals surface area contributed by atoms with Crippen LogP contribution in [0.1, 0.15) is 40.5 Å². The second-order valence-electron chi connectivity index (χ2n) is 4.86. The molecule has 0 heterocycles. The molecule has 0 aromatic heterocycles. The minimum atomic E-state index is -2.57. The molecule has 0 aliphatic rings. The summed E-state index contributed by atoms with van der Waals surface area (Å²) >= 11 is 0. The van der Waals surface area contributed by atoms with Crippen LogP contribution in [-0.2, 0) is 19.1 Å². The van der Waals surface area contributed by atoms with Gasteiger partial charge in [-0.15, -0.1) is 0 Å². The first kappa shape index (κ1) is 18.3. The predicted octanol–water partition coefficient (Wildman–Crippen LogP) is 1.42. The minimum absolute atomic E-state index is 0.0427. The monoisotopic (exact) mass is 286 g/mol. The van der Waals surface area contributed by atoms with Gasteiger partial charge in [0.05, 0.1) is 0 Å². The number of carbonyl (C=O) groups is 2. The van der Waals surface area contributed by atoms with E-state index in [2.05, 4.69) is 13.2 Å². The van der Waals surface area contributed by atoms with Crippen molar-refractivity contribution in [1.29, 1.82) is 0 Å². The number of esters is 2. The second-order valence-corrected chi connectivity index (χ2v) is 4.86. The minimum Gasteiger partial charge on any atom is -0.413 e. The summed E-state index contributed by atoms with van der Waals surface area (Å²) in [6, 6.07) is 0. The molecule has 0 aliphatic carbocycles. The molecule has 0 aliphatic heterocycles. The van der Waals surface area contributed by atoms with E-state index in [1.165, 1.54) is 13.8 Å². The van der Waals surface area contributed by atoms with Gasteiger partial charge in [-0.3, -0.25) is 0 Å². The lowest BCUT2D eigenvalue weighted by molar-refractivity contribution is -0.353. The molecule has 0 saturated carbocycles. The molecule has 2 N–H and O–H groups in total. The highest BCUT2D eigenvalue weighted by atomic mass is 16.8. The number of hydrogen-bond donors (Lipinski definition) is 2. The van der Waals surface area contributed by atoms with E-state index < -0.39 is 23.5 Å². The Balaban J connectivity index is 5.59. The van der Waals surface area contributed by atoms with Crippen LogP contribution in [0.3, 0.4) is 0 Å². The van der Waals surface area contributed by atoms with E-state index in [0.717, 1.165) is 6.92 Å². The van der Waals surface area contributed by atoms with Crippen LogP contribution >= 0.6 is 0 Å². The Morgan fingerprint density at radius 2 is 1.40 bits per heavy atom. The van der Waals surface area contributed by atoms with Gasteiger partial charge in [-0.25, -0.2) is 9.59 Å². The summed E-state index contributed by atoms with van der Waals surface area (Å²) in [6.45, 7) is 12.3. The maximum Gasteiger partial charge on any atom is 0.336 e. The van der Waals surface area contributed by atoms with Crippen molar-refractivity contribution in [3.8, 4) is 0 Å². The Bertz CT molecular complexity index is 388. The third kappa shape index (κ3) is 4.47. The van der Waals surface area contributed by atoms with E-state index in [9.17, 15) is 19.8 Å². The van der Waals surface area contributed by atoms with Gasteiger partial charge in [-0.2, -0.15) is 0 Å². The van der Waals surface area contributed by atoms with Crippen molar-refractivity contribution < 1.29 is 29.3 Å². The van der Waals surface area contributed by atoms with E-state index in [4.69, 9.17) is 9.47 Å². The number of hydrogen-bond acceptors (Lipinski definition) is 6. The molecule has 0 spiro atoms. The largest absolute Gasteiger partial charge is 0.413 e. The Labute approximate surface area is 118 Å². The van der Waals surface area contributed by atoms with Gasteiger partial charge in [-0.05, 0) is 27.2 Å². The fraction of sp³-hybridized carbons (Fsp3) is 0.571. The normalized spacial score (nSPS) is 11.7. The molecular weight excluding hydrogens is 264 g/mol. The average molecular weight is 286 g/mol.